The van der Waals surface area contributed by atoms with Crippen LogP contribution in [-0.2, 0) is 19.1 Å². The number of carbonyl (C=O) groups is 2. The molecule has 8 nitrogen and oxygen atoms in total. The molecule has 0 spiro atoms. The number of benzene rings is 2. The second-order valence-electron chi connectivity index (χ2n) is 8.51. The maximum Gasteiger partial charge on any atom is 0.434 e. The van der Waals surface area contributed by atoms with Gasteiger partial charge in [0.2, 0.25) is 0 Å². The van der Waals surface area contributed by atoms with E-state index in [1.165, 1.54) is 37.3 Å². The molecule has 0 fully saturated rings. The van der Waals surface area contributed by atoms with Crippen LogP contribution in [0.4, 0.5) is 13.2 Å². The molecule has 0 unspecified atom stereocenters. The number of rotatable bonds is 8. The lowest BCUT2D eigenvalue weighted by atomic mass is 9.95. The summed E-state index contributed by atoms with van der Waals surface area (Å²) >= 11 is 13.4. The normalized spacial score (nSPS) is 15.2. The highest BCUT2D eigenvalue weighted by molar-refractivity contribution is 9.11. The van der Waals surface area contributed by atoms with Crippen LogP contribution in [0.15, 0.2) is 66.4 Å². The molecule has 2 aromatic carbocycles. The number of alkyl halides is 3. The van der Waals surface area contributed by atoms with Crippen molar-refractivity contribution in [1.29, 1.82) is 0 Å². The van der Waals surface area contributed by atoms with Gasteiger partial charge in [-0.25, -0.2) is 14.6 Å². The summed E-state index contributed by atoms with van der Waals surface area (Å²) in [5.41, 5.74) is -2.48. The molecule has 0 amide bonds. The molecule has 1 aromatic heterocycles. The van der Waals surface area contributed by atoms with E-state index in [9.17, 15) is 27.6 Å². The molecule has 0 aliphatic carbocycles. The molecular weight excluding hydrogens is 733 g/mol. The lowest BCUT2D eigenvalue weighted by Gasteiger charge is -2.26. The summed E-state index contributed by atoms with van der Waals surface area (Å²) in [7, 11) is 0. The van der Waals surface area contributed by atoms with Crippen LogP contribution in [0.2, 0.25) is 5.02 Å². The van der Waals surface area contributed by atoms with Crippen molar-refractivity contribution in [2.45, 2.75) is 26.1 Å². The minimum absolute atomic E-state index is 0.00895. The summed E-state index contributed by atoms with van der Waals surface area (Å²) in [6.45, 7) is 2.63. The minimum Gasteiger partial charge on any atom is -0.480 e. The van der Waals surface area contributed by atoms with Gasteiger partial charge in [-0.15, -0.1) is 0 Å². The molecule has 0 saturated heterocycles. The number of hydrogen-bond donors (Lipinski definition) is 0. The zero-order valence-corrected chi connectivity index (χ0v) is 26.5. The molecule has 0 N–H and O–H groups in total. The Morgan fingerprint density at radius 3 is 2.40 bits per heavy atom. The second-order valence-corrected chi connectivity index (χ2v) is 11.7. The van der Waals surface area contributed by atoms with Gasteiger partial charge in [0, 0.05) is 15.1 Å². The number of allylic oxidation sites excluding steroid dienone is 1. The fourth-order valence-corrected chi connectivity index (χ4v) is 6.61. The van der Waals surface area contributed by atoms with Crippen LogP contribution >= 0.6 is 54.8 Å². The predicted octanol–water partition coefficient (Wildman–Crippen LogP) is 5.46. The van der Waals surface area contributed by atoms with Gasteiger partial charge in [0.25, 0.3) is 5.56 Å². The number of ether oxygens (including phenoxy) is 3. The van der Waals surface area contributed by atoms with E-state index in [4.69, 9.17) is 25.8 Å². The van der Waals surface area contributed by atoms with E-state index in [0.29, 0.717) is 30.9 Å². The number of thiazole rings is 1. The first-order chi connectivity index (χ1) is 19.8. The zero-order valence-electron chi connectivity index (χ0n) is 21.8. The highest BCUT2D eigenvalue weighted by Crippen LogP contribution is 2.39. The SMILES string of the molecule is CCOC(=O)COc1c(Br)cc(Br)cc1/C=c1\sc2n(c1=O)[C@H](c1ccc(Cl)cc1)C(C(=O)OCC)=C(C(F)(F)F)N=2. The van der Waals surface area contributed by atoms with Crippen LogP contribution in [-0.4, -0.2) is 42.5 Å². The highest BCUT2D eigenvalue weighted by Gasteiger charge is 2.45. The lowest BCUT2D eigenvalue weighted by Crippen LogP contribution is -2.41. The molecule has 0 bridgehead atoms. The van der Waals surface area contributed by atoms with Crippen molar-refractivity contribution < 1.29 is 37.0 Å². The Hall–Kier alpha value is -2.94. The Morgan fingerprint density at radius 2 is 1.79 bits per heavy atom. The number of esters is 2. The Bertz CT molecular complexity index is 1750. The summed E-state index contributed by atoms with van der Waals surface area (Å²) in [6.07, 6.45) is -3.63. The Morgan fingerprint density at radius 1 is 1.12 bits per heavy atom. The van der Waals surface area contributed by atoms with Gasteiger partial charge in [0.05, 0.1) is 33.8 Å². The first-order valence-electron chi connectivity index (χ1n) is 12.2. The number of aromatic nitrogens is 1. The molecule has 3 aromatic rings. The van der Waals surface area contributed by atoms with Crippen molar-refractivity contribution in [2.24, 2.45) is 4.99 Å². The van der Waals surface area contributed by atoms with Crippen molar-refractivity contribution in [3.63, 3.8) is 0 Å². The van der Waals surface area contributed by atoms with Crippen LogP contribution in [0.5, 0.6) is 5.75 Å². The lowest BCUT2D eigenvalue weighted by molar-refractivity contribution is -0.145. The molecule has 1 aliphatic heterocycles. The van der Waals surface area contributed by atoms with Crippen molar-refractivity contribution >= 4 is 72.8 Å². The quantitative estimate of drug-likeness (QED) is 0.284. The average Bonchev–Trinajstić information content (AvgIpc) is 3.22. The van der Waals surface area contributed by atoms with Crippen LogP contribution in [0, 0.1) is 0 Å². The summed E-state index contributed by atoms with van der Waals surface area (Å²) in [5.74, 6) is -1.69. The minimum atomic E-state index is -5.04. The number of carbonyl (C=O) groups excluding carboxylic acids is 2. The van der Waals surface area contributed by atoms with Gasteiger partial charge < -0.3 is 14.2 Å². The van der Waals surface area contributed by atoms with Gasteiger partial charge >= 0.3 is 18.1 Å². The molecule has 0 saturated carbocycles. The Kier molecular flexibility index (Phi) is 10.0. The third kappa shape index (κ3) is 6.82. The van der Waals surface area contributed by atoms with Gasteiger partial charge in [-0.1, -0.05) is 51.0 Å². The van der Waals surface area contributed by atoms with Crippen molar-refractivity contribution in [3.8, 4) is 5.75 Å². The largest absolute Gasteiger partial charge is 0.480 e. The molecule has 1 atom stereocenters. The second kappa shape index (κ2) is 13.1. The van der Waals surface area contributed by atoms with E-state index in [0.717, 1.165) is 4.57 Å². The third-order valence-electron chi connectivity index (χ3n) is 5.74. The van der Waals surface area contributed by atoms with Gasteiger partial charge in [-0.3, -0.25) is 9.36 Å². The van der Waals surface area contributed by atoms with Crippen LogP contribution < -0.4 is 19.6 Å². The van der Waals surface area contributed by atoms with E-state index in [1.807, 2.05) is 0 Å². The van der Waals surface area contributed by atoms with E-state index in [-0.39, 0.29) is 33.9 Å². The van der Waals surface area contributed by atoms with Crippen molar-refractivity contribution in [3.05, 3.63) is 92.5 Å². The fraction of sp³-hybridized carbons (Fsp3) is 0.259. The van der Waals surface area contributed by atoms with Gasteiger partial charge in [-0.2, -0.15) is 13.2 Å². The van der Waals surface area contributed by atoms with Gasteiger partial charge in [-0.05, 0) is 65.7 Å². The molecular formula is C27H20Br2ClF3N2O6S. The summed E-state index contributed by atoms with van der Waals surface area (Å²) in [4.78, 5) is 42.2. The van der Waals surface area contributed by atoms with E-state index in [1.54, 1.807) is 19.1 Å². The Labute approximate surface area is 262 Å². The first-order valence-corrected chi connectivity index (χ1v) is 15.0. The number of halogens is 6. The van der Waals surface area contributed by atoms with Crippen LogP contribution in [0.25, 0.3) is 6.08 Å². The standard InChI is InChI=1S/C27H20Br2ClF3N2O6S/c1-3-39-19(36)12-41-22-14(9-15(28)11-17(22)29)10-18-24(37)35-21(13-5-7-16(30)8-6-13)20(25(38)40-4-2)23(27(31,32)33)34-26(35)42-18/h5-11,21H,3-4,12H2,1-2H3/b18-10-/t21-/m1/s1. The topological polar surface area (TPSA) is 96.2 Å². The number of fused-ring (bicyclic) bond motifs is 1. The predicted molar refractivity (Wildman–Crippen MR) is 156 cm³/mol. The van der Waals surface area contributed by atoms with Gasteiger partial charge in [0.15, 0.2) is 17.1 Å². The fourth-order valence-electron chi connectivity index (χ4n) is 4.12. The zero-order chi connectivity index (χ0) is 30.8. The van der Waals surface area contributed by atoms with Crippen molar-refractivity contribution in [2.75, 3.05) is 19.8 Å². The van der Waals surface area contributed by atoms with E-state index >= 15 is 0 Å². The molecule has 42 heavy (non-hydrogen) atoms. The average molecular weight is 753 g/mol. The van der Waals surface area contributed by atoms with Crippen molar-refractivity contribution in [1.82, 2.24) is 4.57 Å². The van der Waals surface area contributed by atoms with Crippen LogP contribution in [0.3, 0.4) is 0 Å². The first kappa shape index (κ1) is 32.0. The maximum absolute atomic E-state index is 14.3. The smallest absolute Gasteiger partial charge is 0.434 e. The molecule has 222 valence electrons. The molecule has 2 heterocycles. The van der Waals surface area contributed by atoms with E-state index in [2.05, 4.69) is 36.9 Å². The molecule has 15 heteroatoms. The summed E-state index contributed by atoms with van der Waals surface area (Å²) in [5, 5.41) is 0.305. The van der Waals surface area contributed by atoms with Gasteiger partial charge in [0.1, 0.15) is 5.75 Å². The summed E-state index contributed by atoms with van der Waals surface area (Å²) in [6, 6.07) is 7.48. The summed E-state index contributed by atoms with van der Waals surface area (Å²) < 4.78 is 60.5. The molecule has 1 aliphatic rings. The van der Waals surface area contributed by atoms with Crippen LogP contribution in [0.1, 0.15) is 31.0 Å². The third-order valence-corrected chi connectivity index (χ3v) is 8.03. The molecule has 4 rings (SSSR count). The van der Waals surface area contributed by atoms with E-state index < -0.39 is 47.6 Å². The highest BCUT2D eigenvalue weighted by atomic mass is 79.9. The monoisotopic (exact) mass is 750 g/mol. The Balaban J connectivity index is 1.98. The molecule has 0 radical (unpaired) electrons. The maximum atomic E-state index is 14.3. The number of hydrogen-bond acceptors (Lipinski definition) is 8. The number of nitrogens with zero attached hydrogens (tertiary/aromatic N) is 2.